The zero-order valence-corrected chi connectivity index (χ0v) is 11.8. The molecule has 2 amide bonds. The van der Waals surface area contributed by atoms with Crippen molar-refractivity contribution in [3.05, 3.63) is 65.2 Å². The van der Waals surface area contributed by atoms with Gasteiger partial charge >= 0.3 is 0 Å². The Morgan fingerprint density at radius 2 is 1.45 bits per heavy atom. The number of amides is 2. The van der Waals surface area contributed by atoms with Crippen LogP contribution in [0.5, 0.6) is 0 Å². The van der Waals surface area contributed by atoms with E-state index in [-0.39, 0.29) is 11.8 Å². The average molecular weight is 283 g/mol. The Hall–Kier alpha value is -2.07. The molecule has 0 N–H and O–H groups in total. The molecule has 0 spiro atoms. The third kappa shape index (κ3) is 2.02. The lowest BCUT2D eigenvalue weighted by molar-refractivity contribution is 0.0777. The van der Waals surface area contributed by atoms with E-state index in [4.69, 9.17) is 0 Å². The Morgan fingerprint density at radius 1 is 0.900 bits per heavy atom. The molecule has 1 aliphatic rings. The first-order valence-corrected chi connectivity index (χ1v) is 7.23. The smallest absolute Gasteiger partial charge is 0.268 e. The molecule has 0 saturated carbocycles. The Labute approximate surface area is 121 Å². The van der Waals surface area contributed by atoms with E-state index in [9.17, 15) is 9.59 Å². The minimum absolute atomic E-state index is 0.235. The van der Waals surface area contributed by atoms with E-state index < -0.39 is 0 Å². The second-order valence-corrected chi connectivity index (χ2v) is 5.49. The standard InChI is InChI=1S/C16H13NO2S/c1-2-11-7-3-6-10-14(11)20-17-15(18)12-8-4-5-9-13(12)16(17)19/h3-10H,2H2,1H3. The van der Waals surface area contributed by atoms with Gasteiger partial charge in [0.1, 0.15) is 0 Å². The summed E-state index contributed by atoms with van der Waals surface area (Å²) >= 11 is 1.21. The molecular weight excluding hydrogens is 270 g/mol. The molecule has 2 aromatic carbocycles. The second kappa shape index (κ2) is 5.13. The number of hydrogen-bond acceptors (Lipinski definition) is 3. The highest BCUT2D eigenvalue weighted by Crippen LogP contribution is 2.34. The van der Waals surface area contributed by atoms with Gasteiger partial charge in [-0.05, 0) is 42.1 Å². The van der Waals surface area contributed by atoms with Crippen LogP contribution in [-0.4, -0.2) is 16.1 Å². The number of carbonyl (C=O) groups is 2. The van der Waals surface area contributed by atoms with Crippen molar-refractivity contribution in [2.24, 2.45) is 0 Å². The lowest BCUT2D eigenvalue weighted by Crippen LogP contribution is -2.22. The molecule has 0 unspecified atom stereocenters. The van der Waals surface area contributed by atoms with Crippen LogP contribution in [0.15, 0.2) is 53.4 Å². The number of fused-ring (bicyclic) bond motifs is 1. The maximum atomic E-state index is 12.3. The third-order valence-corrected chi connectivity index (χ3v) is 4.41. The van der Waals surface area contributed by atoms with Crippen molar-refractivity contribution in [3.8, 4) is 0 Å². The monoisotopic (exact) mass is 283 g/mol. The predicted octanol–water partition coefficient (Wildman–Crippen LogP) is 3.55. The fourth-order valence-corrected chi connectivity index (χ4v) is 3.26. The largest absolute Gasteiger partial charge is 0.272 e. The van der Waals surface area contributed by atoms with E-state index in [1.165, 1.54) is 16.3 Å². The SMILES string of the molecule is CCc1ccccc1SN1C(=O)c2ccccc2C1=O. The number of nitrogens with zero attached hydrogens (tertiary/aromatic N) is 1. The minimum atomic E-state index is -0.235. The highest BCUT2D eigenvalue weighted by molar-refractivity contribution is 7.98. The molecule has 3 nitrogen and oxygen atoms in total. The van der Waals surface area contributed by atoms with Crippen LogP contribution in [0.3, 0.4) is 0 Å². The van der Waals surface area contributed by atoms with Gasteiger partial charge < -0.3 is 0 Å². The molecule has 100 valence electrons. The van der Waals surface area contributed by atoms with Gasteiger partial charge in [0.05, 0.1) is 11.1 Å². The van der Waals surface area contributed by atoms with Gasteiger partial charge in [0.2, 0.25) is 0 Å². The van der Waals surface area contributed by atoms with Gasteiger partial charge in [0.15, 0.2) is 0 Å². The van der Waals surface area contributed by atoms with Crippen molar-refractivity contribution >= 4 is 23.8 Å². The van der Waals surface area contributed by atoms with Gasteiger partial charge in [-0.2, -0.15) is 0 Å². The third-order valence-electron chi connectivity index (χ3n) is 3.30. The number of hydrogen-bond donors (Lipinski definition) is 0. The van der Waals surface area contributed by atoms with Crippen LogP contribution in [0, 0.1) is 0 Å². The van der Waals surface area contributed by atoms with Crippen molar-refractivity contribution in [3.63, 3.8) is 0 Å². The summed E-state index contributed by atoms with van der Waals surface area (Å²) in [5.41, 5.74) is 2.10. The molecule has 0 atom stereocenters. The van der Waals surface area contributed by atoms with Crippen molar-refractivity contribution in [2.45, 2.75) is 18.2 Å². The Bertz CT molecular complexity index is 661. The summed E-state index contributed by atoms with van der Waals surface area (Å²) in [7, 11) is 0. The normalized spacial score (nSPS) is 13.8. The maximum Gasteiger partial charge on any atom is 0.272 e. The molecule has 0 fully saturated rings. The molecule has 0 bridgehead atoms. The summed E-state index contributed by atoms with van der Waals surface area (Å²) < 4.78 is 1.25. The van der Waals surface area contributed by atoms with Crippen molar-refractivity contribution in [1.29, 1.82) is 0 Å². The highest BCUT2D eigenvalue weighted by atomic mass is 32.2. The molecule has 1 heterocycles. The molecular formula is C16H13NO2S. The fraction of sp³-hybridized carbons (Fsp3) is 0.125. The zero-order valence-electron chi connectivity index (χ0n) is 11.0. The number of benzene rings is 2. The van der Waals surface area contributed by atoms with Crippen LogP contribution < -0.4 is 0 Å². The van der Waals surface area contributed by atoms with Gasteiger partial charge in [-0.15, -0.1) is 0 Å². The van der Waals surface area contributed by atoms with Crippen molar-refractivity contribution < 1.29 is 9.59 Å². The van der Waals surface area contributed by atoms with E-state index >= 15 is 0 Å². The molecule has 2 aromatic rings. The molecule has 4 heteroatoms. The maximum absolute atomic E-state index is 12.3. The first kappa shape index (κ1) is 12.9. The first-order chi connectivity index (χ1) is 9.72. The second-order valence-electron chi connectivity index (χ2n) is 4.50. The van der Waals surface area contributed by atoms with Gasteiger partial charge in [-0.25, -0.2) is 4.31 Å². The summed E-state index contributed by atoms with van der Waals surface area (Å²) in [4.78, 5) is 25.5. The van der Waals surface area contributed by atoms with Crippen LogP contribution in [0.1, 0.15) is 33.2 Å². The summed E-state index contributed by atoms with van der Waals surface area (Å²) in [5, 5.41) is 0. The zero-order chi connectivity index (χ0) is 14.1. The van der Waals surface area contributed by atoms with Crippen LogP contribution in [0.25, 0.3) is 0 Å². The van der Waals surface area contributed by atoms with Crippen LogP contribution in [-0.2, 0) is 6.42 Å². The molecule has 0 radical (unpaired) electrons. The molecule has 3 rings (SSSR count). The topological polar surface area (TPSA) is 37.4 Å². The van der Waals surface area contributed by atoms with Crippen molar-refractivity contribution in [1.82, 2.24) is 4.31 Å². The Morgan fingerprint density at radius 3 is 2.05 bits per heavy atom. The minimum Gasteiger partial charge on any atom is -0.268 e. The van der Waals surface area contributed by atoms with E-state index in [0.717, 1.165) is 16.9 Å². The number of rotatable bonds is 3. The van der Waals surface area contributed by atoms with Gasteiger partial charge in [-0.3, -0.25) is 9.59 Å². The van der Waals surface area contributed by atoms with Crippen LogP contribution in [0.2, 0.25) is 0 Å². The molecule has 0 aromatic heterocycles. The van der Waals surface area contributed by atoms with Crippen molar-refractivity contribution in [2.75, 3.05) is 0 Å². The Kier molecular flexibility index (Phi) is 3.32. The molecule has 20 heavy (non-hydrogen) atoms. The van der Waals surface area contributed by atoms with E-state index in [0.29, 0.717) is 11.1 Å². The molecule has 0 saturated heterocycles. The van der Waals surface area contributed by atoms with E-state index in [2.05, 4.69) is 6.92 Å². The molecule has 0 aliphatic carbocycles. The van der Waals surface area contributed by atoms with Gasteiger partial charge in [0.25, 0.3) is 11.8 Å². The lowest BCUT2D eigenvalue weighted by Gasteiger charge is -2.14. The summed E-state index contributed by atoms with van der Waals surface area (Å²) in [5.74, 6) is -0.469. The summed E-state index contributed by atoms with van der Waals surface area (Å²) in [6, 6.07) is 14.8. The van der Waals surface area contributed by atoms with Crippen LogP contribution in [0.4, 0.5) is 0 Å². The number of imide groups is 1. The van der Waals surface area contributed by atoms with Gasteiger partial charge in [-0.1, -0.05) is 37.3 Å². The number of carbonyl (C=O) groups excluding carboxylic acids is 2. The average Bonchev–Trinajstić information content (AvgIpc) is 2.73. The van der Waals surface area contributed by atoms with Crippen LogP contribution >= 0.6 is 11.9 Å². The number of aryl methyl sites for hydroxylation is 1. The Balaban J connectivity index is 1.94. The highest BCUT2D eigenvalue weighted by Gasteiger charge is 2.36. The van der Waals surface area contributed by atoms with Gasteiger partial charge in [0, 0.05) is 4.90 Å². The predicted molar refractivity (Wildman–Crippen MR) is 78.6 cm³/mol. The summed E-state index contributed by atoms with van der Waals surface area (Å²) in [6.45, 7) is 2.06. The fourth-order valence-electron chi connectivity index (χ4n) is 2.23. The summed E-state index contributed by atoms with van der Waals surface area (Å²) in [6.07, 6.45) is 0.867. The quantitative estimate of drug-likeness (QED) is 0.638. The molecule has 1 aliphatic heterocycles. The lowest BCUT2D eigenvalue weighted by atomic mass is 10.1. The van der Waals surface area contributed by atoms with E-state index in [1.54, 1.807) is 24.3 Å². The van der Waals surface area contributed by atoms with E-state index in [1.807, 2.05) is 24.3 Å². The first-order valence-electron chi connectivity index (χ1n) is 6.46.